The van der Waals surface area contributed by atoms with Crippen molar-refractivity contribution in [2.75, 3.05) is 11.4 Å². The van der Waals surface area contributed by atoms with Gasteiger partial charge in [-0.2, -0.15) is 4.98 Å². The van der Waals surface area contributed by atoms with Gasteiger partial charge in [-0.15, -0.1) is 0 Å². The molecule has 1 amide bonds. The number of fused-ring (bicyclic) bond motifs is 1. The highest BCUT2D eigenvalue weighted by Gasteiger charge is 2.22. The Morgan fingerprint density at radius 3 is 3.00 bits per heavy atom. The summed E-state index contributed by atoms with van der Waals surface area (Å²) in [6.45, 7) is 0.761. The first kappa shape index (κ1) is 14.7. The number of benzene rings is 1. The number of furan rings is 1. The predicted octanol–water partition coefficient (Wildman–Crippen LogP) is 3.24. The first-order chi connectivity index (χ1) is 11.8. The van der Waals surface area contributed by atoms with E-state index in [0.29, 0.717) is 30.3 Å². The molecule has 2 aromatic heterocycles. The van der Waals surface area contributed by atoms with Gasteiger partial charge in [-0.1, -0.05) is 23.4 Å². The number of carbonyl (C=O) groups excluding carboxylic acids is 1. The van der Waals surface area contributed by atoms with E-state index < -0.39 is 0 Å². The van der Waals surface area contributed by atoms with Crippen LogP contribution in [0.1, 0.15) is 24.3 Å². The molecule has 1 aliphatic heterocycles. The lowest BCUT2D eigenvalue weighted by Crippen LogP contribution is -2.35. The first-order valence-electron chi connectivity index (χ1n) is 8.06. The minimum absolute atomic E-state index is 0.0832. The van der Waals surface area contributed by atoms with Gasteiger partial charge in [-0.05, 0) is 36.6 Å². The zero-order chi connectivity index (χ0) is 16.4. The Morgan fingerprint density at radius 2 is 2.12 bits per heavy atom. The number of nitrogens with zero attached hydrogens (tertiary/aromatic N) is 3. The summed E-state index contributed by atoms with van der Waals surface area (Å²) >= 11 is 0. The van der Waals surface area contributed by atoms with Crippen LogP contribution in [0.15, 0.2) is 51.6 Å². The zero-order valence-corrected chi connectivity index (χ0v) is 13.1. The van der Waals surface area contributed by atoms with Gasteiger partial charge in [-0.25, -0.2) is 0 Å². The van der Waals surface area contributed by atoms with E-state index in [1.807, 2.05) is 23.1 Å². The number of aromatic nitrogens is 2. The Morgan fingerprint density at radius 1 is 1.21 bits per heavy atom. The number of aryl methyl sites for hydroxylation is 2. The van der Waals surface area contributed by atoms with Gasteiger partial charge in [0.2, 0.25) is 17.6 Å². The average Bonchev–Trinajstić information content (AvgIpc) is 3.30. The molecule has 122 valence electrons. The lowest BCUT2D eigenvalue weighted by molar-refractivity contribution is -0.118. The van der Waals surface area contributed by atoms with E-state index in [0.717, 1.165) is 25.1 Å². The average molecular weight is 323 g/mol. The second kappa shape index (κ2) is 6.31. The number of para-hydroxylation sites is 1. The van der Waals surface area contributed by atoms with Crippen LogP contribution in [0.2, 0.25) is 0 Å². The topological polar surface area (TPSA) is 72.4 Å². The van der Waals surface area contributed by atoms with Gasteiger partial charge in [0.1, 0.15) is 0 Å². The van der Waals surface area contributed by atoms with Crippen molar-refractivity contribution in [3.05, 3.63) is 54.1 Å². The van der Waals surface area contributed by atoms with Crippen molar-refractivity contribution in [3.8, 4) is 11.6 Å². The Bertz CT molecular complexity index is 839. The second-order valence-corrected chi connectivity index (χ2v) is 5.77. The number of anilines is 1. The van der Waals surface area contributed by atoms with Crippen LogP contribution in [0.4, 0.5) is 5.69 Å². The summed E-state index contributed by atoms with van der Waals surface area (Å²) in [5.74, 6) is 1.49. The van der Waals surface area contributed by atoms with Crippen LogP contribution in [-0.2, 0) is 17.6 Å². The van der Waals surface area contributed by atoms with Crippen molar-refractivity contribution in [1.82, 2.24) is 10.1 Å². The summed E-state index contributed by atoms with van der Waals surface area (Å²) in [5, 5.41) is 3.88. The summed E-state index contributed by atoms with van der Waals surface area (Å²) in [6, 6.07) is 11.6. The maximum Gasteiger partial charge on any atom is 0.238 e. The molecule has 3 aromatic rings. The lowest BCUT2D eigenvalue weighted by Gasteiger charge is -2.29. The van der Waals surface area contributed by atoms with Crippen molar-refractivity contribution in [2.24, 2.45) is 0 Å². The fraction of sp³-hybridized carbons (Fsp3) is 0.278. The molecule has 0 saturated heterocycles. The van der Waals surface area contributed by atoms with Crippen molar-refractivity contribution in [1.29, 1.82) is 0 Å². The minimum atomic E-state index is 0.0832. The van der Waals surface area contributed by atoms with Crippen LogP contribution >= 0.6 is 0 Å². The van der Waals surface area contributed by atoms with E-state index in [4.69, 9.17) is 8.94 Å². The molecule has 0 unspecified atom stereocenters. The molecule has 0 spiro atoms. The van der Waals surface area contributed by atoms with Gasteiger partial charge >= 0.3 is 0 Å². The first-order valence-corrected chi connectivity index (χ1v) is 8.06. The van der Waals surface area contributed by atoms with Crippen LogP contribution in [0.25, 0.3) is 11.6 Å². The highest BCUT2D eigenvalue weighted by atomic mass is 16.5. The molecule has 0 saturated carbocycles. The van der Waals surface area contributed by atoms with Gasteiger partial charge in [0, 0.05) is 25.1 Å². The highest BCUT2D eigenvalue weighted by molar-refractivity contribution is 5.94. The normalized spacial score (nSPS) is 13.8. The molecule has 4 rings (SSSR count). The van der Waals surface area contributed by atoms with Gasteiger partial charge in [0.05, 0.1) is 6.26 Å². The van der Waals surface area contributed by atoms with Gasteiger partial charge < -0.3 is 13.8 Å². The van der Waals surface area contributed by atoms with E-state index in [1.54, 1.807) is 18.4 Å². The molecule has 1 aromatic carbocycles. The van der Waals surface area contributed by atoms with Crippen LogP contribution in [0.3, 0.4) is 0 Å². The molecule has 0 N–H and O–H groups in total. The fourth-order valence-electron chi connectivity index (χ4n) is 3.00. The molecule has 3 heterocycles. The molecule has 1 aliphatic rings. The Kier molecular flexibility index (Phi) is 3.86. The summed E-state index contributed by atoms with van der Waals surface area (Å²) in [6.07, 6.45) is 4.34. The monoisotopic (exact) mass is 323 g/mol. The molecule has 0 radical (unpaired) electrons. The van der Waals surface area contributed by atoms with E-state index in [1.165, 1.54) is 5.56 Å². The maximum absolute atomic E-state index is 12.6. The standard InChI is InChI=1S/C18H17N3O3/c22-17(21-11-3-6-13-5-1-2-7-14(13)21)10-9-16-19-18(20-24-16)15-8-4-12-23-15/h1-2,4-5,7-8,12H,3,6,9-11H2. The van der Waals surface area contributed by atoms with E-state index >= 15 is 0 Å². The number of hydrogen-bond acceptors (Lipinski definition) is 5. The molecule has 24 heavy (non-hydrogen) atoms. The number of carbonyl (C=O) groups is 1. The summed E-state index contributed by atoms with van der Waals surface area (Å²) in [4.78, 5) is 18.7. The van der Waals surface area contributed by atoms with Crippen LogP contribution in [0.5, 0.6) is 0 Å². The predicted molar refractivity (Wildman–Crippen MR) is 87.4 cm³/mol. The maximum atomic E-state index is 12.6. The molecule has 0 fully saturated rings. The molecule has 6 nitrogen and oxygen atoms in total. The number of hydrogen-bond donors (Lipinski definition) is 0. The summed E-state index contributed by atoms with van der Waals surface area (Å²) < 4.78 is 10.4. The number of amides is 1. The van der Waals surface area contributed by atoms with E-state index in [2.05, 4.69) is 16.2 Å². The van der Waals surface area contributed by atoms with E-state index in [9.17, 15) is 4.79 Å². The number of rotatable bonds is 4. The van der Waals surface area contributed by atoms with Gasteiger partial charge in [0.15, 0.2) is 5.76 Å². The molecule has 6 heteroatoms. The Balaban J connectivity index is 1.43. The molecular formula is C18H17N3O3. The SMILES string of the molecule is O=C(CCc1nc(-c2ccco2)no1)N1CCCc2ccccc21. The Labute approximate surface area is 139 Å². The third-order valence-electron chi connectivity index (χ3n) is 4.17. The van der Waals surface area contributed by atoms with Crippen molar-refractivity contribution >= 4 is 11.6 Å². The van der Waals surface area contributed by atoms with Crippen LogP contribution in [0, 0.1) is 0 Å². The molecule has 0 atom stereocenters. The van der Waals surface area contributed by atoms with Gasteiger partial charge in [0.25, 0.3) is 0 Å². The fourth-order valence-corrected chi connectivity index (χ4v) is 3.00. The van der Waals surface area contributed by atoms with Crippen LogP contribution < -0.4 is 4.90 Å². The lowest BCUT2D eigenvalue weighted by atomic mass is 10.0. The van der Waals surface area contributed by atoms with Crippen molar-refractivity contribution < 1.29 is 13.7 Å². The summed E-state index contributed by atoms with van der Waals surface area (Å²) in [5.41, 5.74) is 2.26. The molecular weight excluding hydrogens is 306 g/mol. The second-order valence-electron chi connectivity index (χ2n) is 5.77. The minimum Gasteiger partial charge on any atom is -0.461 e. The third kappa shape index (κ3) is 2.82. The van der Waals surface area contributed by atoms with Crippen molar-refractivity contribution in [3.63, 3.8) is 0 Å². The highest BCUT2D eigenvalue weighted by Crippen LogP contribution is 2.27. The van der Waals surface area contributed by atoms with E-state index in [-0.39, 0.29) is 5.91 Å². The zero-order valence-electron chi connectivity index (χ0n) is 13.1. The summed E-state index contributed by atoms with van der Waals surface area (Å²) in [7, 11) is 0. The third-order valence-corrected chi connectivity index (χ3v) is 4.17. The molecule has 0 aliphatic carbocycles. The quantitative estimate of drug-likeness (QED) is 0.737. The van der Waals surface area contributed by atoms with Crippen LogP contribution in [-0.4, -0.2) is 22.6 Å². The molecule has 0 bridgehead atoms. The smallest absolute Gasteiger partial charge is 0.238 e. The van der Waals surface area contributed by atoms with Gasteiger partial charge in [-0.3, -0.25) is 4.79 Å². The largest absolute Gasteiger partial charge is 0.461 e. The van der Waals surface area contributed by atoms with Crippen molar-refractivity contribution in [2.45, 2.75) is 25.7 Å². The Hall–Kier alpha value is -2.89.